The monoisotopic (exact) mass is 284 g/mol. The molecule has 0 bridgehead atoms. The fraction of sp³-hybridized carbons (Fsp3) is 0.222. The van der Waals surface area contributed by atoms with E-state index in [2.05, 4.69) is 36.1 Å². The number of hydrogen-bond donors (Lipinski definition) is 1. The third kappa shape index (κ3) is 2.30. The molecule has 0 saturated heterocycles. The molecular weight excluding hydrogens is 276 g/mol. The Morgan fingerprint density at radius 3 is 3.19 bits per heavy atom. The summed E-state index contributed by atoms with van der Waals surface area (Å²) in [5.74, 6) is 0.0311. The Morgan fingerprint density at radius 2 is 2.44 bits per heavy atom. The number of ether oxygens (including phenoxy) is 1. The Labute approximate surface area is 99.7 Å². The van der Waals surface area contributed by atoms with Gasteiger partial charge in [0.15, 0.2) is 5.65 Å². The summed E-state index contributed by atoms with van der Waals surface area (Å²) in [5.41, 5.74) is 0.704. The second-order valence-corrected chi connectivity index (χ2v) is 3.93. The van der Waals surface area contributed by atoms with Gasteiger partial charge in [0.2, 0.25) is 5.95 Å². The molecule has 2 rings (SSSR count). The summed E-state index contributed by atoms with van der Waals surface area (Å²) in [6, 6.07) is 3.69. The van der Waals surface area contributed by atoms with Crippen LogP contribution in [0.1, 0.15) is 0 Å². The van der Waals surface area contributed by atoms with E-state index < -0.39 is 0 Å². The van der Waals surface area contributed by atoms with E-state index in [9.17, 15) is 4.79 Å². The molecule has 0 radical (unpaired) electrons. The van der Waals surface area contributed by atoms with E-state index in [1.54, 1.807) is 10.7 Å². The number of aromatic nitrogens is 3. The average Bonchev–Trinajstić information content (AvgIpc) is 2.67. The van der Waals surface area contributed by atoms with Crippen molar-refractivity contribution in [3.05, 3.63) is 22.8 Å². The lowest BCUT2D eigenvalue weighted by Crippen LogP contribution is -2.15. The SMILES string of the molecule is COC(=O)CNc1nc2ccc(Br)cn2n1. The Hall–Kier alpha value is -1.63. The molecule has 84 valence electrons. The van der Waals surface area contributed by atoms with Gasteiger partial charge in [-0.05, 0) is 28.1 Å². The van der Waals surface area contributed by atoms with E-state index in [0.717, 1.165) is 4.47 Å². The summed E-state index contributed by atoms with van der Waals surface area (Å²) in [4.78, 5) is 15.1. The number of anilines is 1. The van der Waals surface area contributed by atoms with Gasteiger partial charge < -0.3 is 10.1 Å². The summed E-state index contributed by atoms with van der Waals surface area (Å²) in [6.07, 6.45) is 1.78. The van der Waals surface area contributed by atoms with Crippen LogP contribution in [-0.4, -0.2) is 34.2 Å². The Kier molecular flexibility index (Phi) is 3.04. The first-order chi connectivity index (χ1) is 7.69. The molecular formula is C9H9BrN4O2. The summed E-state index contributed by atoms with van der Waals surface area (Å²) >= 11 is 3.33. The Balaban J connectivity index is 2.16. The van der Waals surface area contributed by atoms with Gasteiger partial charge in [-0.2, -0.15) is 4.98 Å². The van der Waals surface area contributed by atoms with Crippen LogP contribution in [0, 0.1) is 0 Å². The van der Waals surface area contributed by atoms with Crippen molar-refractivity contribution < 1.29 is 9.53 Å². The summed E-state index contributed by atoms with van der Waals surface area (Å²) in [7, 11) is 1.33. The quantitative estimate of drug-likeness (QED) is 0.854. The fourth-order valence-electron chi connectivity index (χ4n) is 1.16. The van der Waals surface area contributed by atoms with E-state index in [1.807, 2.05) is 12.1 Å². The zero-order chi connectivity index (χ0) is 11.5. The van der Waals surface area contributed by atoms with Crippen molar-refractivity contribution in [1.82, 2.24) is 14.6 Å². The van der Waals surface area contributed by atoms with E-state index in [0.29, 0.717) is 11.6 Å². The number of methoxy groups -OCH3 is 1. The van der Waals surface area contributed by atoms with Gasteiger partial charge in [0.1, 0.15) is 6.54 Å². The van der Waals surface area contributed by atoms with E-state index >= 15 is 0 Å². The standard InChI is InChI=1S/C9H9BrN4O2/c1-16-8(15)4-11-9-12-7-3-2-6(10)5-14(7)13-9/h2-3,5H,4H2,1H3,(H,11,13). The van der Waals surface area contributed by atoms with Gasteiger partial charge in [-0.15, -0.1) is 5.10 Å². The van der Waals surface area contributed by atoms with Gasteiger partial charge in [0, 0.05) is 10.7 Å². The molecule has 7 heteroatoms. The summed E-state index contributed by atoms with van der Waals surface area (Å²) in [6.45, 7) is 0.0502. The molecule has 6 nitrogen and oxygen atoms in total. The van der Waals surface area contributed by atoms with Crippen LogP contribution in [0.4, 0.5) is 5.95 Å². The van der Waals surface area contributed by atoms with Gasteiger partial charge >= 0.3 is 5.97 Å². The number of nitrogens with zero attached hydrogens (tertiary/aromatic N) is 3. The minimum atomic E-state index is -0.361. The number of esters is 1. The minimum Gasteiger partial charge on any atom is -0.468 e. The van der Waals surface area contributed by atoms with Gasteiger partial charge in [-0.25, -0.2) is 4.52 Å². The first-order valence-electron chi connectivity index (χ1n) is 4.51. The van der Waals surface area contributed by atoms with E-state index in [1.165, 1.54) is 7.11 Å². The first kappa shape index (κ1) is 10.9. The molecule has 2 aromatic rings. The molecule has 0 amide bonds. The maximum Gasteiger partial charge on any atom is 0.325 e. The van der Waals surface area contributed by atoms with Crippen LogP contribution in [-0.2, 0) is 9.53 Å². The fourth-order valence-corrected chi connectivity index (χ4v) is 1.48. The topological polar surface area (TPSA) is 68.5 Å². The number of rotatable bonds is 3. The van der Waals surface area contributed by atoms with Crippen LogP contribution in [0.5, 0.6) is 0 Å². The zero-order valence-corrected chi connectivity index (χ0v) is 10.1. The van der Waals surface area contributed by atoms with Crippen LogP contribution >= 0.6 is 15.9 Å². The zero-order valence-electron chi connectivity index (χ0n) is 8.48. The lowest BCUT2D eigenvalue weighted by molar-refractivity contribution is -0.138. The van der Waals surface area contributed by atoms with Crippen LogP contribution in [0.25, 0.3) is 5.65 Å². The number of fused-ring (bicyclic) bond motifs is 1. The molecule has 2 aromatic heterocycles. The smallest absolute Gasteiger partial charge is 0.325 e. The molecule has 0 fully saturated rings. The van der Waals surface area contributed by atoms with Gasteiger partial charge in [-0.3, -0.25) is 4.79 Å². The maximum atomic E-state index is 10.9. The lowest BCUT2D eigenvalue weighted by atomic mass is 10.5. The Bertz CT molecular complexity index is 525. The normalized spacial score (nSPS) is 10.4. The molecule has 1 N–H and O–H groups in total. The van der Waals surface area contributed by atoms with Crippen LogP contribution < -0.4 is 5.32 Å². The van der Waals surface area contributed by atoms with Gasteiger partial charge in [0.05, 0.1) is 7.11 Å². The second kappa shape index (κ2) is 4.48. The lowest BCUT2D eigenvalue weighted by Gasteiger charge is -1.98. The number of carbonyl (C=O) groups excluding carboxylic acids is 1. The first-order valence-corrected chi connectivity index (χ1v) is 5.31. The van der Waals surface area contributed by atoms with E-state index in [4.69, 9.17) is 0 Å². The number of halogens is 1. The van der Waals surface area contributed by atoms with Crippen molar-refractivity contribution in [3.8, 4) is 0 Å². The van der Waals surface area contributed by atoms with Crippen molar-refractivity contribution in [3.63, 3.8) is 0 Å². The Morgan fingerprint density at radius 1 is 1.62 bits per heavy atom. The van der Waals surface area contributed by atoms with Gasteiger partial charge in [0.25, 0.3) is 0 Å². The molecule has 0 aliphatic heterocycles. The van der Waals surface area contributed by atoms with E-state index in [-0.39, 0.29) is 12.5 Å². The second-order valence-electron chi connectivity index (χ2n) is 3.02. The molecule has 0 aliphatic rings. The average molecular weight is 285 g/mol. The molecule has 16 heavy (non-hydrogen) atoms. The molecule has 0 aromatic carbocycles. The van der Waals surface area contributed by atoms with Crippen molar-refractivity contribution >= 4 is 33.5 Å². The molecule has 0 spiro atoms. The minimum absolute atomic E-state index is 0.0502. The van der Waals surface area contributed by atoms with Crippen molar-refractivity contribution in [2.45, 2.75) is 0 Å². The number of pyridine rings is 1. The van der Waals surface area contributed by atoms with Crippen LogP contribution in [0.15, 0.2) is 22.8 Å². The van der Waals surface area contributed by atoms with Crippen molar-refractivity contribution in [2.75, 3.05) is 19.0 Å². The predicted molar refractivity (Wildman–Crippen MR) is 61.2 cm³/mol. The molecule has 0 saturated carbocycles. The highest BCUT2D eigenvalue weighted by atomic mass is 79.9. The largest absolute Gasteiger partial charge is 0.468 e. The third-order valence-corrected chi connectivity index (χ3v) is 2.38. The highest BCUT2D eigenvalue weighted by molar-refractivity contribution is 9.10. The van der Waals surface area contributed by atoms with Crippen molar-refractivity contribution in [1.29, 1.82) is 0 Å². The van der Waals surface area contributed by atoms with Crippen LogP contribution in [0.2, 0.25) is 0 Å². The third-order valence-electron chi connectivity index (χ3n) is 1.91. The summed E-state index contributed by atoms with van der Waals surface area (Å²) < 4.78 is 7.02. The molecule has 0 aliphatic carbocycles. The number of nitrogens with one attached hydrogen (secondary N) is 1. The highest BCUT2D eigenvalue weighted by Crippen LogP contribution is 2.11. The molecule has 0 atom stereocenters. The summed E-state index contributed by atoms with van der Waals surface area (Å²) in [5, 5.41) is 6.91. The highest BCUT2D eigenvalue weighted by Gasteiger charge is 2.05. The number of carbonyl (C=O) groups is 1. The van der Waals surface area contributed by atoms with Crippen molar-refractivity contribution in [2.24, 2.45) is 0 Å². The number of hydrogen-bond acceptors (Lipinski definition) is 5. The predicted octanol–water partition coefficient (Wildman–Crippen LogP) is 1.08. The maximum absolute atomic E-state index is 10.9. The van der Waals surface area contributed by atoms with Gasteiger partial charge in [-0.1, -0.05) is 0 Å². The molecule has 0 unspecified atom stereocenters. The molecule has 2 heterocycles. The van der Waals surface area contributed by atoms with Crippen LogP contribution in [0.3, 0.4) is 0 Å².